The minimum Gasteiger partial charge on any atom is -0.480 e. The Bertz CT molecular complexity index is 463. The minimum absolute atomic E-state index is 0.337. The third kappa shape index (κ3) is 3.02. The molecule has 0 fully saturated rings. The lowest BCUT2D eigenvalue weighted by atomic mass is 10.0. The monoisotopic (exact) mass is 233 g/mol. The van der Waals surface area contributed by atoms with E-state index in [2.05, 4.69) is 4.98 Å². The van der Waals surface area contributed by atoms with Crippen molar-refractivity contribution < 1.29 is 9.90 Å². The van der Waals surface area contributed by atoms with Crippen molar-refractivity contribution in [2.24, 2.45) is 0 Å². The van der Waals surface area contributed by atoms with Gasteiger partial charge in [-0.2, -0.15) is 5.26 Å². The molecule has 0 aliphatic carbocycles. The molecule has 0 aromatic carbocycles. The second-order valence-corrected chi connectivity index (χ2v) is 4.38. The zero-order valence-corrected chi connectivity index (χ0v) is 10.1. The van der Waals surface area contributed by atoms with Crippen molar-refractivity contribution in [1.29, 1.82) is 5.26 Å². The Hall–Kier alpha value is -1.93. The molecule has 1 rings (SSSR count). The first-order valence-corrected chi connectivity index (χ1v) is 5.17. The van der Waals surface area contributed by atoms with E-state index in [0.717, 1.165) is 5.56 Å². The van der Waals surface area contributed by atoms with Gasteiger partial charge in [0.05, 0.1) is 0 Å². The molecule has 5 nitrogen and oxygen atoms in total. The molecule has 1 N–H and O–H groups in total. The molecule has 0 spiro atoms. The Labute approximate surface area is 100 Å². The molecule has 1 aromatic heterocycles. The molecule has 0 amide bonds. The maximum Gasteiger partial charge on any atom is 0.323 e. The quantitative estimate of drug-likeness (QED) is 0.846. The van der Waals surface area contributed by atoms with Crippen LogP contribution >= 0.6 is 0 Å². The number of aromatic nitrogens is 1. The van der Waals surface area contributed by atoms with Gasteiger partial charge in [-0.1, -0.05) is 0 Å². The third-order valence-corrected chi connectivity index (χ3v) is 2.84. The van der Waals surface area contributed by atoms with Crippen LogP contribution in [0.4, 0.5) is 0 Å². The van der Waals surface area contributed by atoms with Crippen molar-refractivity contribution >= 4 is 5.97 Å². The fraction of sp³-hybridized carbons (Fsp3) is 0.417. The molecule has 0 aliphatic heterocycles. The molecule has 0 saturated carbocycles. The van der Waals surface area contributed by atoms with E-state index >= 15 is 0 Å². The topological polar surface area (TPSA) is 77.2 Å². The number of hydrogen-bond donors (Lipinski definition) is 1. The van der Waals surface area contributed by atoms with E-state index in [-0.39, 0.29) is 0 Å². The summed E-state index contributed by atoms with van der Waals surface area (Å²) in [5.74, 6) is -0.880. The van der Waals surface area contributed by atoms with E-state index in [4.69, 9.17) is 10.4 Å². The van der Waals surface area contributed by atoms with Gasteiger partial charge in [-0.05, 0) is 38.6 Å². The predicted molar refractivity (Wildman–Crippen MR) is 62.1 cm³/mol. The lowest BCUT2D eigenvalue weighted by Gasteiger charge is -2.31. The van der Waals surface area contributed by atoms with Crippen molar-refractivity contribution in [3.63, 3.8) is 0 Å². The average Bonchev–Trinajstić information content (AvgIpc) is 2.29. The molecule has 1 aromatic rings. The fourth-order valence-electron chi connectivity index (χ4n) is 1.27. The van der Waals surface area contributed by atoms with Crippen LogP contribution in [0.15, 0.2) is 18.3 Å². The van der Waals surface area contributed by atoms with Gasteiger partial charge < -0.3 is 5.11 Å². The lowest BCUT2D eigenvalue weighted by molar-refractivity contribution is -0.148. The van der Waals surface area contributed by atoms with Crippen LogP contribution in [0.25, 0.3) is 0 Å². The Morgan fingerprint density at radius 1 is 1.65 bits per heavy atom. The smallest absolute Gasteiger partial charge is 0.323 e. The minimum atomic E-state index is -0.948. The molecule has 0 bridgehead atoms. The summed E-state index contributed by atoms with van der Waals surface area (Å²) in [4.78, 5) is 16.7. The standard InChI is InChI=1S/C12H15N3O2/c1-12(2,11(16)17)15(3)8-9-4-5-14-10(6-9)7-13/h4-6H,8H2,1-3H3,(H,16,17). The predicted octanol–water partition coefficient (Wildman–Crippen LogP) is 1.25. The fourth-order valence-corrected chi connectivity index (χ4v) is 1.27. The van der Waals surface area contributed by atoms with E-state index in [1.165, 1.54) is 0 Å². The Morgan fingerprint density at radius 3 is 2.82 bits per heavy atom. The van der Waals surface area contributed by atoms with Crippen LogP contribution in [0, 0.1) is 11.3 Å². The van der Waals surface area contributed by atoms with Crippen LogP contribution in [0.1, 0.15) is 25.1 Å². The maximum absolute atomic E-state index is 11.1. The van der Waals surface area contributed by atoms with Gasteiger partial charge in [0.25, 0.3) is 0 Å². The van der Waals surface area contributed by atoms with E-state index in [1.54, 1.807) is 44.1 Å². The molecule has 0 unspecified atom stereocenters. The number of aliphatic carboxylic acids is 1. The first kappa shape index (κ1) is 13.1. The molecule has 0 saturated heterocycles. The Kier molecular flexibility index (Phi) is 3.81. The van der Waals surface area contributed by atoms with Crippen LogP contribution in [0.2, 0.25) is 0 Å². The average molecular weight is 233 g/mol. The maximum atomic E-state index is 11.1. The zero-order chi connectivity index (χ0) is 13.1. The number of carboxylic acid groups (broad SMARTS) is 1. The summed E-state index contributed by atoms with van der Waals surface area (Å²) in [6.07, 6.45) is 1.55. The van der Waals surface area contributed by atoms with E-state index in [0.29, 0.717) is 12.2 Å². The molecule has 0 aliphatic rings. The number of pyridine rings is 1. The number of nitrogens with zero attached hydrogens (tertiary/aromatic N) is 3. The summed E-state index contributed by atoms with van der Waals surface area (Å²) in [5, 5.41) is 17.8. The zero-order valence-electron chi connectivity index (χ0n) is 10.1. The lowest BCUT2D eigenvalue weighted by Crippen LogP contribution is -2.47. The third-order valence-electron chi connectivity index (χ3n) is 2.84. The van der Waals surface area contributed by atoms with Gasteiger partial charge in [-0.3, -0.25) is 9.69 Å². The molecular formula is C12H15N3O2. The number of carbonyl (C=O) groups is 1. The van der Waals surface area contributed by atoms with Crippen LogP contribution in [0.5, 0.6) is 0 Å². The van der Waals surface area contributed by atoms with Crippen LogP contribution in [0.3, 0.4) is 0 Å². The van der Waals surface area contributed by atoms with Crippen molar-refractivity contribution in [1.82, 2.24) is 9.88 Å². The molecule has 1 heterocycles. The summed E-state index contributed by atoms with van der Waals surface area (Å²) in [6, 6.07) is 5.39. The van der Waals surface area contributed by atoms with Crippen molar-refractivity contribution in [3.05, 3.63) is 29.6 Å². The molecule has 90 valence electrons. The highest BCUT2D eigenvalue weighted by Gasteiger charge is 2.31. The van der Waals surface area contributed by atoms with Gasteiger partial charge in [0.15, 0.2) is 0 Å². The molecule has 5 heteroatoms. The molecule has 0 atom stereocenters. The summed E-state index contributed by atoms with van der Waals surface area (Å²) in [7, 11) is 1.74. The second-order valence-electron chi connectivity index (χ2n) is 4.38. The van der Waals surface area contributed by atoms with Crippen LogP contribution < -0.4 is 0 Å². The number of rotatable bonds is 4. The van der Waals surface area contributed by atoms with Gasteiger partial charge >= 0.3 is 5.97 Å². The van der Waals surface area contributed by atoms with Gasteiger partial charge in [-0.15, -0.1) is 0 Å². The van der Waals surface area contributed by atoms with Crippen LogP contribution in [-0.2, 0) is 11.3 Å². The van der Waals surface area contributed by atoms with Crippen molar-refractivity contribution in [2.75, 3.05) is 7.05 Å². The van der Waals surface area contributed by atoms with E-state index < -0.39 is 11.5 Å². The molecule has 17 heavy (non-hydrogen) atoms. The first-order valence-electron chi connectivity index (χ1n) is 5.17. The summed E-state index contributed by atoms with van der Waals surface area (Å²) >= 11 is 0. The van der Waals surface area contributed by atoms with Crippen molar-refractivity contribution in [2.45, 2.75) is 25.9 Å². The van der Waals surface area contributed by atoms with Gasteiger partial charge in [0.1, 0.15) is 17.3 Å². The van der Waals surface area contributed by atoms with Gasteiger partial charge in [-0.25, -0.2) is 4.98 Å². The summed E-state index contributed by atoms with van der Waals surface area (Å²) in [6.45, 7) is 3.74. The molecule has 0 radical (unpaired) electrons. The van der Waals surface area contributed by atoms with Crippen LogP contribution in [-0.4, -0.2) is 33.5 Å². The highest BCUT2D eigenvalue weighted by atomic mass is 16.4. The number of carboxylic acids is 1. The molecular weight excluding hydrogens is 218 g/mol. The second kappa shape index (κ2) is 4.93. The number of hydrogen-bond acceptors (Lipinski definition) is 4. The Morgan fingerprint density at radius 2 is 2.29 bits per heavy atom. The SMILES string of the molecule is CN(Cc1ccnc(C#N)c1)C(C)(C)C(=O)O. The summed E-state index contributed by atoms with van der Waals surface area (Å²) < 4.78 is 0. The van der Waals surface area contributed by atoms with Gasteiger partial charge in [0.2, 0.25) is 0 Å². The Balaban J connectivity index is 2.85. The largest absolute Gasteiger partial charge is 0.480 e. The normalized spacial score (nSPS) is 11.2. The van der Waals surface area contributed by atoms with Gasteiger partial charge in [0, 0.05) is 12.7 Å². The summed E-state index contributed by atoms with van der Waals surface area (Å²) in [5.41, 5.74) is 0.258. The highest BCUT2D eigenvalue weighted by Crippen LogP contribution is 2.16. The number of nitriles is 1. The van der Waals surface area contributed by atoms with Crippen molar-refractivity contribution in [3.8, 4) is 6.07 Å². The van der Waals surface area contributed by atoms with E-state index in [9.17, 15) is 4.79 Å². The van der Waals surface area contributed by atoms with E-state index in [1.807, 2.05) is 6.07 Å². The first-order chi connectivity index (χ1) is 7.87. The number of likely N-dealkylation sites (N-methyl/N-ethyl adjacent to an activating group) is 1. The highest BCUT2D eigenvalue weighted by molar-refractivity contribution is 5.77.